The lowest BCUT2D eigenvalue weighted by atomic mass is 10.1. The Labute approximate surface area is 107 Å². The molecule has 1 aliphatic heterocycles. The van der Waals surface area contributed by atoms with Crippen molar-refractivity contribution in [2.24, 2.45) is 0 Å². The van der Waals surface area contributed by atoms with E-state index in [4.69, 9.17) is 9.47 Å². The second-order valence-electron chi connectivity index (χ2n) is 4.73. The van der Waals surface area contributed by atoms with Gasteiger partial charge in [-0.05, 0) is 25.5 Å². The number of benzene rings is 1. The van der Waals surface area contributed by atoms with Crippen molar-refractivity contribution in [2.45, 2.75) is 32.4 Å². The number of nitrogens with one attached hydrogen (secondary N) is 1. The lowest BCUT2D eigenvalue weighted by Gasteiger charge is -2.15. The Morgan fingerprint density at radius 2 is 2.17 bits per heavy atom. The molecular formula is C14H19NO3. The van der Waals surface area contributed by atoms with E-state index >= 15 is 0 Å². The first-order valence-corrected chi connectivity index (χ1v) is 6.15. The van der Waals surface area contributed by atoms with Crippen LogP contribution in [0.5, 0.6) is 5.75 Å². The third-order valence-electron chi connectivity index (χ3n) is 3.20. The monoisotopic (exact) mass is 249 g/mol. The second-order valence-corrected chi connectivity index (χ2v) is 4.73. The van der Waals surface area contributed by atoms with E-state index in [9.17, 15) is 4.79 Å². The smallest absolute Gasteiger partial charge is 0.323 e. The number of carbonyl (C=O) groups is 1. The molecule has 1 saturated heterocycles. The van der Waals surface area contributed by atoms with E-state index in [1.165, 1.54) is 12.7 Å². The number of ether oxygens (including phenoxy) is 2. The van der Waals surface area contributed by atoms with Crippen LogP contribution in [-0.2, 0) is 9.53 Å². The highest BCUT2D eigenvalue weighted by Crippen LogP contribution is 2.22. The molecule has 2 atom stereocenters. The van der Waals surface area contributed by atoms with Crippen molar-refractivity contribution < 1.29 is 14.3 Å². The maximum Gasteiger partial charge on any atom is 0.323 e. The van der Waals surface area contributed by atoms with E-state index in [0.29, 0.717) is 13.0 Å². The standard InChI is InChI=1S/C14H19NO3/c1-9-4-5-13(10(2)6-9)18-11-7-12(15-8-11)14(16)17-3/h4-6,11-12,15H,7-8H2,1-3H3/t11-,12-/m0/s1. The Hall–Kier alpha value is -1.55. The van der Waals surface area contributed by atoms with Crippen LogP contribution >= 0.6 is 0 Å². The Kier molecular flexibility index (Phi) is 3.87. The Bertz CT molecular complexity index is 445. The molecule has 0 spiro atoms. The molecule has 4 nitrogen and oxygen atoms in total. The molecule has 2 rings (SSSR count). The van der Waals surface area contributed by atoms with Crippen LogP contribution in [0.2, 0.25) is 0 Å². The van der Waals surface area contributed by atoms with Gasteiger partial charge in [0, 0.05) is 13.0 Å². The molecule has 1 heterocycles. The van der Waals surface area contributed by atoms with Gasteiger partial charge >= 0.3 is 5.97 Å². The van der Waals surface area contributed by atoms with Gasteiger partial charge in [-0.2, -0.15) is 0 Å². The number of hydrogen-bond donors (Lipinski definition) is 1. The van der Waals surface area contributed by atoms with Crippen LogP contribution in [-0.4, -0.2) is 31.8 Å². The van der Waals surface area contributed by atoms with Crippen molar-refractivity contribution in [2.75, 3.05) is 13.7 Å². The third kappa shape index (κ3) is 2.82. The molecule has 1 aromatic carbocycles. The summed E-state index contributed by atoms with van der Waals surface area (Å²) in [7, 11) is 1.41. The van der Waals surface area contributed by atoms with Gasteiger partial charge in [-0.3, -0.25) is 4.79 Å². The van der Waals surface area contributed by atoms with Crippen molar-refractivity contribution in [3.8, 4) is 5.75 Å². The highest BCUT2D eigenvalue weighted by atomic mass is 16.5. The highest BCUT2D eigenvalue weighted by Gasteiger charge is 2.31. The van der Waals surface area contributed by atoms with Crippen LogP contribution < -0.4 is 10.1 Å². The van der Waals surface area contributed by atoms with Crippen molar-refractivity contribution in [3.05, 3.63) is 29.3 Å². The van der Waals surface area contributed by atoms with Crippen molar-refractivity contribution in [1.29, 1.82) is 0 Å². The van der Waals surface area contributed by atoms with Crippen LogP contribution in [0.25, 0.3) is 0 Å². The van der Waals surface area contributed by atoms with Crippen molar-refractivity contribution in [3.63, 3.8) is 0 Å². The first kappa shape index (κ1) is 12.9. The number of aryl methyl sites for hydroxylation is 2. The summed E-state index contributed by atoms with van der Waals surface area (Å²) in [5.41, 5.74) is 2.34. The van der Waals surface area contributed by atoms with E-state index in [-0.39, 0.29) is 18.1 Å². The minimum atomic E-state index is -0.245. The number of hydrogen-bond acceptors (Lipinski definition) is 4. The van der Waals surface area contributed by atoms with Gasteiger partial charge in [0.1, 0.15) is 17.9 Å². The maximum atomic E-state index is 11.4. The topological polar surface area (TPSA) is 47.6 Å². The van der Waals surface area contributed by atoms with Gasteiger partial charge in [-0.1, -0.05) is 17.7 Å². The quantitative estimate of drug-likeness (QED) is 0.826. The van der Waals surface area contributed by atoms with E-state index in [1.807, 2.05) is 19.1 Å². The van der Waals surface area contributed by atoms with E-state index < -0.39 is 0 Å². The molecule has 98 valence electrons. The first-order chi connectivity index (χ1) is 8.60. The average molecular weight is 249 g/mol. The summed E-state index contributed by atoms with van der Waals surface area (Å²) in [6.45, 7) is 4.76. The van der Waals surface area contributed by atoms with Crippen LogP contribution in [0.15, 0.2) is 18.2 Å². The molecule has 0 aliphatic carbocycles. The molecule has 0 amide bonds. The van der Waals surface area contributed by atoms with Gasteiger partial charge in [0.2, 0.25) is 0 Å². The Morgan fingerprint density at radius 1 is 1.39 bits per heavy atom. The van der Waals surface area contributed by atoms with Gasteiger partial charge in [-0.15, -0.1) is 0 Å². The predicted molar refractivity (Wildman–Crippen MR) is 68.8 cm³/mol. The summed E-state index contributed by atoms with van der Waals surface area (Å²) in [5.74, 6) is 0.666. The Balaban J connectivity index is 1.97. The molecule has 1 N–H and O–H groups in total. The average Bonchev–Trinajstić information content (AvgIpc) is 2.80. The number of rotatable bonds is 3. The summed E-state index contributed by atoms with van der Waals surface area (Å²) in [4.78, 5) is 11.4. The van der Waals surface area contributed by atoms with Gasteiger partial charge in [0.25, 0.3) is 0 Å². The molecular weight excluding hydrogens is 230 g/mol. The molecule has 0 unspecified atom stereocenters. The molecule has 18 heavy (non-hydrogen) atoms. The van der Waals surface area contributed by atoms with Crippen LogP contribution in [0.3, 0.4) is 0 Å². The minimum absolute atomic E-state index is 0.0236. The predicted octanol–water partition coefficient (Wildman–Crippen LogP) is 1.59. The summed E-state index contributed by atoms with van der Waals surface area (Å²) < 4.78 is 10.6. The SMILES string of the molecule is COC(=O)[C@@H]1C[C@H](Oc2ccc(C)cc2C)CN1. The number of methoxy groups -OCH3 is 1. The Morgan fingerprint density at radius 3 is 2.83 bits per heavy atom. The molecule has 1 aromatic rings. The lowest BCUT2D eigenvalue weighted by Crippen LogP contribution is -2.31. The van der Waals surface area contributed by atoms with E-state index in [2.05, 4.69) is 18.3 Å². The van der Waals surface area contributed by atoms with Crippen molar-refractivity contribution >= 4 is 5.97 Å². The molecule has 1 aliphatic rings. The zero-order valence-corrected chi connectivity index (χ0v) is 11.0. The maximum absolute atomic E-state index is 11.4. The minimum Gasteiger partial charge on any atom is -0.489 e. The summed E-state index contributed by atoms with van der Waals surface area (Å²) >= 11 is 0. The fourth-order valence-electron chi connectivity index (χ4n) is 2.23. The zero-order valence-electron chi connectivity index (χ0n) is 11.0. The van der Waals surface area contributed by atoms with Gasteiger partial charge in [0.05, 0.1) is 7.11 Å². The second kappa shape index (κ2) is 5.40. The summed E-state index contributed by atoms with van der Waals surface area (Å²) in [6, 6.07) is 5.86. The van der Waals surface area contributed by atoms with Gasteiger partial charge in [-0.25, -0.2) is 0 Å². The molecule has 0 aromatic heterocycles. The summed E-state index contributed by atoms with van der Waals surface area (Å²) in [5, 5.41) is 3.11. The van der Waals surface area contributed by atoms with E-state index in [0.717, 1.165) is 11.3 Å². The fourth-order valence-corrected chi connectivity index (χ4v) is 2.23. The van der Waals surface area contributed by atoms with Crippen LogP contribution in [0.4, 0.5) is 0 Å². The van der Waals surface area contributed by atoms with Crippen LogP contribution in [0.1, 0.15) is 17.5 Å². The zero-order chi connectivity index (χ0) is 13.1. The van der Waals surface area contributed by atoms with E-state index in [1.54, 1.807) is 0 Å². The number of carbonyl (C=O) groups excluding carboxylic acids is 1. The fraction of sp³-hybridized carbons (Fsp3) is 0.500. The molecule has 0 radical (unpaired) electrons. The molecule has 1 fully saturated rings. The normalized spacial score (nSPS) is 22.8. The molecule has 0 bridgehead atoms. The third-order valence-corrected chi connectivity index (χ3v) is 3.20. The molecule has 0 saturated carbocycles. The van der Waals surface area contributed by atoms with Crippen molar-refractivity contribution in [1.82, 2.24) is 5.32 Å². The lowest BCUT2D eigenvalue weighted by molar-refractivity contribution is -0.142. The van der Waals surface area contributed by atoms with Gasteiger partial charge in [0.15, 0.2) is 0 Å². The molecule has 4 heteroatoms. The highest BCUT2D eigenvalue weighted by molar-refractivity contribution is 5.76. The van der Waals surface area contributed by atoms with Crippen LogP contribution in [0, 0.1) is 13.8 Å². The van der Waals surface area contributed by atoms with Gasteiger partial charge < -0.3 is 14.8 Å². The first-order valence-electron chi connectivity index (χ1n) is 6.15. The largest absolute Gasteiger partial charge is 0.489 e. The summed E-state index contributed by atoms with van der Waals surface area (Å²) in [6.07, 6.45) is 0.676. The number of esters is 1.